The summed E-state index contributed by atoms with van der Waals surface area (Å²) in [7, 11) is 0. The lowest BCUT2D eigenvalue weighted by Gasteiger charge is -2.11. The first-order valence-electron chi connectivity index (χ1n) is 5.12. The highest BCUT2D eigenvalue weighted by Crippen LogP contribution is 2.00. The van der Waals surface area contributed by atoms with Gasteiger partial charge in [-0.25, -0.2) is 0 Å². The second-order valence-corrected chi connectivity index (χ2v) is 3.36. The van der Waals surface area contributed by atoms with Crippen LogP contribution in [0.3, 0.4) is 0 Å². The Morgan fingerprint density at radius 2 is 2.15 bits per heavy atom. The molecule has 13 heavy (non-hydrogen) atoms. The number of unbranched alkanes of at least 4 members (excludes halogenated alkanes) is 2. The zero-order valence-corrected chi connectivity index (χ0v) is 8.64. The highest BCUT2D eigenvalue weighted by atomic mass is 16.1. The zero-order chi connectivity index (χ0) is 10.1. The van der Waals surface area contributed by atoms with Crippen LogP contribution in [0.1, 0.15) is 45.4 Å². The van der Waals surface area contributed by atoms with Gasteiger partial charge < -0.3 is 5.32 Å². The maximum atomic E-state index is 11.2. The lowest BCUT2D eigenvalue weighted by Crippen LogP contribution is -2.32. The Balaban J connectivity index is 3.38. The van der Waals surface area contributed by atoms with E-state index < -0.39 is 0 Å². The second-order valence-electron chi connectivity index (χ2n) is 3.36. The van der Waals surface area contributed by atoms with Crippen LogP contribution in [-0.4, -0.2) is 11.9 Å². The number of carbonyl (C=O) groups is 1. The van der Waals surface area contributed by atoms with Gasteiger partial charge in [0.15, 0.2) is 0 Å². The van der Waals surface area contributed by atoms with Crippen molar-refractivity contribution in [1.82, 2.24) is 5.32 Å². The van der Waals surface area contributed by atoms with E-state index in [2.05, 4.69) is 26.1 Å². The fourth-order valence-corrected chi connectivity index (χ4v) is 1.15. The van der Waals surface area contributed by atoms with E-state index in [-0.39, 0.29) is 11.9 Å². The highest BCUT2D eigenvalue weighted by Gasteiger charge is 2.05. The van der Waals surface area contributed by atoms with Crippen LogP contribution in [0, 0.1) is 13.8 Å². The van der Waals surface area contributed by atoms with Gasteiger partial charge in [0, 0.05) is 12.5 Å². The molecule has 1 atom stereocenters. The van der Waals surface area contributed by atoms with Crippen LogP contribution >= 0.6 is 0 Å². The molecule has 0 saturated heterocycles. The third kappa shape index (κ3) is 7.82. The molecule has 76 valence electrons. The van der Waals surface area contributed by atoms with Gasteiger partial charge in [0.2, 0.25) is 5.91 Å². The van der Waals surface area contributed by atoms with Crippen molar-refractivity contribution >= 4 is 5.91 Å². The van der Waals surface area contributed by atoms with Crippen LogP contribution < -0.4 is 5.32 Å². The van der Waals surface area contributed by atoms with E-state index in [1.165, 1.54) is 0 Å². The van der Waals surface area contributed by atoms with Crippen LogP contribution in [0.15, 0.2) is 0 Å². The first kappa shape index (κ1) is 12.5. The summed E-state index contributed by atoms with van der Waals surface area (Å²) in [4.78, 5) is 11.2. The Bertz CT molecular complexity index is 134. The molecule has 2 heteroatoms. The van der Waals surface area contributed by atoms with Gasteiger partial charge in [-0.1, -0.05) is 33.1 Å². The minimum absolute atomic E-state index is 0.0339. The first-order chi connectivity index (χ1) is 6.20. The molecule has 0 aromatic rings. The molecule has 0 aliphatic rings. The number of nitrogens with one attached hydrogen (secondary N) is 1. The quantitative estimate of drug-likeness (QED) is 0.604. The normalized spacial score (nSPS) is 12.5. The Hall–Kier alpha value is -0.530. The van der Waals surface area contributed by atoms with Crippen LogP contribution in [0.4, 0.5) is 0 Å². The molecule has 1 amide bonds. The average molecular weight is 183 g/mol. The van der Waals surface area contributed by atoms with E-state index in [9.17, 15) is 4.79 Å². The number of amides is 1. The van der Waals surface area contributed by atoms with E-state index in [1.807, 2.05) is 0 Å². The summed E-state index contributed by atoms with van der Waals surface area (Å²) in [6, 6.07) is 0.0339. The summed E-state index contributed by atoms with van der Waals surface area (Å²) in [6.07, 6.45) is 5.59. The molecule has 0 spiro atoms. The van der Waals surface area contributed by atoms with Crippen molar-refractivity contribution < 1.29 is 4.79 Å². The van der Waals surface area contributed by atoms with E-state index in [1.54, 1.807) is 0 Å². The molecule has 0 aliphatic carbocycles. The molecule has 0 unspecified atom stereocenters. The van der Waals surface area contributed by atoms with Gasteiger partial charge >= 0.3 is 0 Å². The summed E-state index contributed by atoms with van der Waals surface area (Å²) < 4.78 is 0. The van der Waals surface area contributed by atoms with Gasteiger partial charge in [0.25, 0.3) is 0 Å². The van der Waals surface area contributed by atoms with Crippen molar-refractivity contribution in [2.24, 2.45) is 0 Å². The van der Waals surface area contributed by atoms with Gasteiger partial charge in [0.1, 0.15) is 0 Å². The maximum Gasteiger partial charge on any atom is 0.220 e. The van der Waals surface area contributed by atoms with Crippen molar-refractivity contribution in [3.63, 3.8) is 0 Å². The molecule has 2 radical (unpaired) electrons. The molecule has 0 fully saturated rings. The number of hydrogen-bond acceptors (Lipinski definition) is 1. The second kappa shape index (κ2) is 8.09. The van der Waals surface area contributed by atoms with Crippen LogP contribution in [0.5, 0.6) is 0 Å². The molecule has 0 aromatic carbocycles. The Morgan fingerprint density at radius 1 is 1.46 bits per heavy atom. The van der Waals surface area contributed by atoms with Crippen molar-refractivity contribution in [2.45, 2.75) is 51.5 Å². The molecule has 0 bridgehead atoms. The molecule has 2 nitrogen and oxygen atoms in total. The predicted octanol–water partition coefficient (Wildman–Crippen LogP) is 2.50. The van der Waals surface area contributed by atoms with Crippen molar-refractivity contribution in [2.75, 3.05) is 0 Å². The Labute approximate surface area is 82.1 Å². The predicted molar refractivity (Wildman–Crippen MR) is 56.0 cm³/mol. The van der Waals surface area contributed by atoms with Gasteiger partial charge in [-0.05, 0) is 19.8 Å². The van der Waals surface area contributed by atoms with E-state index in [0.717, 1.165) is 32.1 Å². The van der Waals surface area contributed by atoms with Gasteiger partial charge in [-0.15, -0.1) is 0 Å². The highest BCUT2D eigenvalue weighted by molar-refractivity contribution is 5.76. The first-order valence-corrected chi connectivity index (χ1v) is 5.12. The molecular formula is C11H21NO. The molecule has 0 aromatic heterocycles. The van der Waals surface area contributed by atoms with E-state index in [0.29, 0.717) is 6.42 Å². The molecular weight excluding hydrogens is 162 g/mol. The van der Waals surface area contributed by atoms with Crippen molar-refractivity contribution in [1.29, 1.82) is 0 Å². The lowest BCUT2D eigenvalue weighted by molar-refractivity contribution is -0.121. The smallest absolute Gasteiger partial charge is 0.220 e. The minimum atomic E-state index is 0.0339. The van der Waals surface area contributed by atoms with Crippen molar-refractivity contribution in [3.05, 3.63) is 13.8 Å². The molecule has 0 heterocycles. The number of hydrogen-bond donors (Lipinski definition) is 1. The Morgan fingerprint density at radius 3 is 2.69 bits per heavy atom. The largest absolute Gasteiger partial charge is 0.353 e. The fourth-order valence-electron chi connectivity index (χ4n) is 1.15. The summed E-state index contributed by atoms with van der Waals surface area (Å²) in [5.41, 5.74) is 0. The van der Waals surface area contributed by atoms with Crippen molar-refractivity contribution in [3.8, 4) is 0 Å². The van der Waals surface area contributed by atoms with Gasteiger partial charge in [-0.2, -0.15) is 0 Å². The SMILES string of the molecule is [CH2]CC[C@H]([CH2])NC(=O)CCCCC. The van der Waals surface area contributed by atoms with Gasteiger partial charge in [0.05, 0.1) is 0 Å². The molecule has 0 saturated carbocycles. The monoisotopic (exact) mass is 183 g/mol. The fraction of sp³-hybridized carbons (Fsp3) is 0.727. The summed E-state index contributed by atoms with van der Waals surface area (Å²) in [5.74, 6) is 0.127. The Kier molecular flexibility index (Phi) is 7.76. The molecule has 0 aliphatic heterocycles. The van der Waals surface area contributed by atoms with E-state index in [4.69, 9.17) is 0 Å². The molecule has 1 N–H and O–H groups in total. The molecule has 0 rings (SSSR count). The average Bonchev–Trinajstić information content (AvgIpc) is 2.05. The van der Waals surface area contributed by atoms with Gasteiger partial charge in [-0.3, -0.25) is 4.79 Å². The third-order valence-electron chi connectivity index (χ3n) is 1.93. The number of rotatable bonds is 7. The van der Waals surface area contributed by atoms with E-state index >= 15 is 0 Å². The summed E-state index contributed by atoms with van der Waals surface area (Å²) in [6.45, 7) is 9.67. The van der Waals surface area contributed by atoms with Crippen LogP contribution in [0.2, 0.25) is 0 Å². The minimum Gasteiger partial charge on any atom is -0.353 e. The maximum absolute atomic E-state index is 11.2. The number of carbonyl (C=O) groups excluding carboxylic acids is 1. The zero-order valence-electron chi connectivity index (χ0n) is 8.64. The topological polar surface area (TPSA) is 29.1 Å². The standard InChI is InChI=1S/C11H21NO/c1-4-6-7-9-11(13)12-10(3)8-5-2/h10H,2-9H2,1H3,(H,12,13)/t10-/m0/s1. The third-order valence-corrected chi connectivity index (χ3v) is 1.93. The summed E-state index contributed by atoms with van der Waals surface area (Å²) >= 11 is 0. The van der Waals surface area contributed by atoms with Crippen LogP contribution in [0.25, 0.3) is 0 Å². The lowest BCUT2D eigenvalue weighted by atomic mass is 10.1. The van der Waals surface area contributed by atoms with Crippen LogP contribution in [-0.2, 0) is 4.79 Å². The summed E-state index contributed by atoms with van der Waals surface area (Å²) in [5, 5.41) is 2.85.